The predicted molar refractivity (Wildman–Crippen MR) is 51.5 cm³/mol. The lowest BCUT2D eigenvalue weighted by Gasteiger charge is -1.98. The standard InChI is InChI=1S/C9H12N4/c1-6(2)8-7(10)9-11-4-3-5-13(9)12-8/h3-6H,10H2,1-2H3. The zero-order valence-corrected chi connectivity index (χ0v) is 7.73. The van der Waals surface area contributed by atoms with E-state index < -0.39 is 0 Å². The molecule has 0 aromatic carbocycles. The molecule has 0 atom stereocenters. The Morgan fingerprint density at radius 3 is 2.85 bits per heavy atom. The van der Waals surface area contributed by atoms with E-state index in [2.05, 4.69) is 23.9 Å². The number of nitrogens with zero attached hydrogens (tertiary/aromatic N) is 3. The van der Waals surface area contributed by atoms with Crippen LogP contribution in [0.4, 0.5) is 5.69 Å². The van der Waals surface area contributed by atoms with Gasteiger partial charge in [0.1, 0.15) is 5.69 Å². The highest BCUT2D eigenvalue weighted by Crippen LogP contribution is 2.22. The Balaban J connectivity index is 2.74. The van der Waals surface area contributed by atoms with Crippen molar-refractivity contribution >= 4 is 11.3 Å². The van der Waals surface area contributed by atoms with Crippen molar-refractivity contribution in [2.45, 2.75) is 19.8 Å². The van der Waals surface area contributed by atoms with Gasteiger partial charge in [0.2, 0.25) is 0 Å². The Morgan fingerprint density at radius 2 is 2.23 bits per heavy atom. The largest absolute Gasteiger partial charge is 0.394 e. The number of aromatic nitrogens is 3. The summed E-state index contributed by atoms with van der Waals surface area (Å²) in [4.78, 5) is 4.16. The van der Waals surface area contributed by atoms with Gasteiger partial charge in [-0.05, 0) is 12.0 Å². The Labute approximate surface area is 76.4 Å². The molecule has 0 fully saturated rings. The average molecular weight is 176 g/mol. The van der Waals surface area contributed by atoms with E-state index in [1.807, 2.05) is 12.3 Å². The molecule has 0 aliphatic rings. The zero-order chi connectivity index (χ0) is 9.42. The Bertz CT molecular complexity index is 430. The van der Waals surface area contributed by atoms with Crippen LogP contribution in [0.3, 0.4) is 0 Å². The molecule has 4 heteroatoms. The van der Waals surface area contributed by atoms with Crippen LogP contribution >= 0.6 is 0 Å². The number of anilines is 1. The number of nitrogens with two attached hydrogens (primary N) is 1. The minimum atomic E-state index is 0.335. The van der Waals surface area contributed by atoms with Gasteiger partial charge in [0.05, 0.1) is 5.69 Å². The van der Waals surface area contributed by atoms with Gasteiger partial charge in [-0.1, -0.05) is 13.8 Å². The maximum atomic E-state index is 5.89. The van der Waals surface area contributed by atoms with Crippen LogP contribution in [0.15, 0.2) is 18.5 Å². The van der Waals surface area contributed by atoms with Gasteiger partial charge < -0.3 is 5.73 Å². The fourth-order valence-electron chi connectivity index (χ4n) is 1.35. The molecule has 0 amide bonds. The van der Waals surface area contributed by atoms with Crippen LogP contribution in [-0.4, -0.2) is 14.6 Å². The number of rotatable bonds is 1. The number of nitrogen functional groups attached to an aromatic ring is 1. The molecule has 4 nitrogen and oxygen atoms in total. The summed E-state index contributed by atoms with van der Waals surface area (Å²) in [5, 5.41) is 4.34. The van der Waals surface area contributed by atoms with E-state index in [1.54, 1.807) is 10.7 Å². The van der Waals surface area contributed by atoms with Crippen molar-refractivity contribution in [3.05, 3.63) is 24.2 Å². The topological polar surface area (TPSA) is 56.2 Å². The summed E-state index contributed by atoms with van der Waals surface area (Å²) in [5.41, 5.74) is 8.24. The second-order valence-electron chi connectivity index (χ2n) is 3.34. The van der Waals surface area contributed by atoms with Crippen LogP contribution < -0.4 is 5.73 Å². The monoisotopic (exact) mass is 176 g/mol. The first kappa shape index (κ1) is 8.04. The molecule has 0 saturated heterocycles. The fraction of sp³-hybridized carbons (Fsp3) is 0.333. The summed E-state index contributed by atoms with van der Waals surface area (Å²) in [6, 6.07) is 1.84. The molecule has 2 aromatic heterocycles. The van der Waals surface area contributed by atoms with E-state index in [0.29, 0.717) is 11.6 Å². The molecular weight excluding hydrogens is 164 g/mol. The van der Waals surface area contributed by atoms with Gasteiger partial charge in [-0.15, -0.1) is 0 Å². The lowest BCUT2D eigenvalue weighted by Crippen LogP contribution is -1.94. The maximum Gasteiger partial charge on any atom is 0.178 e. The molecule has 0 spiro atoms. The zero-order valence-electron chi connectivity index (χ0n) is 7.73. The van der Waals surface area contributed by atoms with Crippen molar-refractivity contribution in [2.24, 2.45) is 0 Å². The Kier molecular flexibility index (Phi) is 1.69. The number of fused-ring (bicyclic) bond motifs is 1. The second-order valence-corrected chi connectivity index (χ2v) is 3.34. The highest BCUT2D eigenvalue weighted by Gasteiger charge is 2.12. The third-order valence-electron chi connectivity index (χ3n) is 2.01. The van der Waals surface area contributed by atoms with Crippen LogP contribution in [0.1, 0.15) is 25.5 Å². The highest BCUT2D eigenvalue weighted by molar-refractivity contribution is 5.67. The molecule has 0 bridgehead atoms. The average Bonchev–Trinajstić information content (AvgIpc) is 2.45. The molecule has 0 aliphatic heterocycles. The van der Waals surface area contributed by atoms with E-state index >= 15 is 0 Å². The molecule has 13 heavy (non-hydrogen) atoms. The van der Waals surface area contributed by atoms with Crippen molar-refractivity contribution in [2.75, 3.05) is 5.73 Å². The second kappa shape index (κ2) is 2.73. The van der Waals surface area contributed by atoms with Gasteiger partial charge in [-0.25, -0.2) is 9.50 Å². The molecule has 0 unspecified atom stereocenters. The van der Waals surface area contributed by atoms with Gasteiger partial charge in [0, 0.05) is 12.4 Å². The van der Waals surface area contributed by atoms with Crippen LogP contribution in [0.25, 0.3) is 5.65 Å². The fourth-order valence-corrected chi connectivity index (χ4v) is 1.35. The van der Waals surface area contributed by atoms with E-state index in [1.165, 1.54) is 0 Å². The SMILES string of the molecule is CC(C)c1nn2cccnc2c1N. The minimum Gasteiger partial charge on any atom is -0.394 e. The third kappa shape index (κ3) is 1.14. The molecule has 0 aliphatic carbocycles. The summed E-state index contributed by atoms with van der Waals surface area (Å²) >= 11 is 0. The van der Waals surface area contributed by atoms with Gasteiger partial charge in [-0.2, -0.15) is 5.10 Å². The first-order valence-corrected chi connectivity index (χ1v) is 4.29. The highest BCUT2D eigenvalue weighted by atomic mass is 15.3. The van der Waals surface area contributed by atoms with Crippen LogP contribution in [-0.2, 0) is 0 Å². The Hall–Kier alpha value is -1.58. The number of hydrogen-bond acceptors (Lipinski definition) is 3. The van der Waals surface area contributed by atoms with Crippen LogP contribution in [0, 0.1) is 0 Å². The molecule has 68 valence electrons. The van der Waals surface area contributed by atoms with E-state index in [-0.39, 0.29) is 0 Å². The first-order chi connectivity index (χ1) is 6.20. The smallest absolute Gasteiger partial charge is 0.178 e. The van der Waals surface area contributed by atoms with E-state index in [9.17, 15) is 0 Å². The Morgan fingerprint density at radius 1 is 1.46 bits per heavy atom. The lowest BCUT2D eigenvalue weighted by molar-refractivity contribution is 0.788. The molecule has 2 N–H and O–H groups in total. The number of hydrogen-bond donors (Lipinski definition) is 1. The van der Waals surface area contributed by atoms with Crippen LogP contribution in [0.2, 0.25) is 0 Å². The van der Waals surface area contributed by atoms with Crippen molar-refractivity contribution < 1.29 is 0 Å². The lowest BCUT2D eigenvalue weighted by atomic mass is 10.1. The maximum absolute atomic E-state index is 5.89. The van der Waals surface area contributed by atoms with Crippen LogP contribution in [0.5, 0.6) is 0 Å². The quantitative estimate of drug-likeness (QED) is 0.715. The van der Waals surface area contributed by atoms with Crippen molar-refractivity contribution in [1.82, 2.24) is 14.6 Å². The molecular formula is C9H12N4. The predicted octanol–water partition coefficient (Wildman–Crippen LogP) is 1.43. The van der Waals surface area contributed by atoms with Crippen molar-refractivity contribution in [3.8, 4) is 0 Å². The van der Waals surface area contributed by atoms with Gasteiger partial charge in [0.15, 0.2) is 5.65 Å². The minimum absolute atomic E-state index is 0.335. The summed E-state index contributed by atoms with van der Waals surface area (Å²) in [7, 11) is 0. The molecule has 2 aromatic rings. The summed E-state index contributed by atoms with van der Waals surface area (Å²) in [6.07, 6.45) is 3.57. The van der Waals surface area contributed by atoms with E-state index in [0.717, 1.165) is 11.3 Å². The van der Waals surface area contributed by atoms with Gasteiger partial charge >= 0.3 is 0 Å². The third-order valence-corrected chi connectivity index (χ3v) is 2.01. The first-order valence-electron chi connectivity index (χ1n) is 4.29. The molecule has 2 heterocycles. The summed E-state index contributed by atoms with van der Waals surface area (Å²) < 4.78 is 1.71. The van der Waals surface area contributed by atoms with Gasteiger partial charge in [-0.3, -0.25) is 0 Å². The van der Waals surface area contributed by atoms with Gasteiger partial charge in [0.25, 0.3) is 0 Å². The van der Waals surface area contributed by atoms with Crippen molar-refractivity contribution in [3.63, 3.8) is 0 Å². The summed E-state index contributed by atoms with van der Waals surface area (Å²) in [6.45, 7) is 4.14. The molecule has 2 rings (SSSR count). The molecule has 0 radical (unpaired) electrons. The van der Waals surface area contributed by atoms with E-state index in [4.69, 9.17) is 5.73 Å². The summed E-state index contributed by atoms with van der Waals surface area (Å²) in [5.74, 6) is 0.335. The normalized spacial score (nSPS) is 11.3. The van der Waals surface area contributed by atoms with Crippen molar-refractivity contribution in [1.29, 1.82) is 0 Å². The molecule has 0 saturated carbocycles.